The van der Waals surface area contributed by atoms with Crippen LogP contribution in [-0.2, 0) is 0 Å². The van der Waals surface area contributed by atoms with Crippen LogP contribution >= 0.6 is 23.2 Å². The van der Waals surface area contributed by atoms with Crippen LogP contribution in [-0.4, -0.2) is 12.8 Å². The number of hydrogen-bond donors (Lipinski definition) is 0. The molecule has 116 valence electrons. The maximum absolute atomic E-state index is 6.19. The molecule has 3 aromatic carbocycles. The fourth-order valence-electron chi connectivity index (χ4n) is 2.41. The van der Waals surface area contributed by atoms with Gasteiger partial charge in [-0.05, 0) is 42.0 Å². The molecule has 0 aliphatic carbocycles. The van der Waals surface area contributed by atoms with Gasteiger partial charge in [0, 0.05) is 16.8 Å². The Morgan fingerprint density at radius 3 is 2.65 bits per heavy atom. The number of rotatable bonds is 4. The van der Waals surface area contributed by atoms with Crippen molar-refractivity contribution in [1.29, 1.82) is 0 Å². The van der Waals surface area contributed by atoms with Gasteiger partial charge in [0.25, 0.3) is 0 Å². The summed E-state index contributed by atoms with van der Waals surface area (Å²) in [6.45, 7) is 2.56. The van der Waals surface area contributed by atoms with E-state index in [4.69, 9.17) is 27.9 Å². The molecule has 3 rings (SSSR count). The third-order valence-electron chi connectivity index (χ3n) is 3.47. The molecule has 0 unspecified atom stereocenters. The molecule has 0 amide bonds. The second-order valence-electron chi connectivity index (χ2n) is 4.99. The molecule has 0 aliphatic heterocycles. The molecule has 4 heteroatoms. The molecule has 0 spiro atoms. The third kappa shape index (κ3) is 3.49. The van der Waals surface area contributed by atoms with Gasteiger partial charge in [0.1, 0.15) is 5.75 Å². The minimum Gasteiger partial charge on any atom is -0.493 e. The monoisotopic (exact) mass is 343 g/mol. The Morgan fingerprint density at radius 1 is 1.04 bits per heavy atom. The highest BCUT2D eigenvalue weighted by molar-refractivity contribution is 6.36. The van der Waals surface area contributed by atoms with Crippen molar-refractivity contribution in [3.63, 3.8) is 0 Å². The van der Waals surface area contributed by atoms with E-state index in [2.05, 4.69) is 17.1 Å². The lowest BCUT2D eigenvalue weighted by Gasteiger charge is -2.10. The van der Waals surface area contributed by atoms with Gasteiger partial charge in [-0.15, -0.1) is 0 Å². The molecule has 0 saturated carbocycles. The number of hydrogen-bond acceptors (Lipinski definition) is 2. The number of benzene rings is 3. The van der Waals surface area contributed by atoms with E-state index in [1.165, 1.54) is 0 Å². The SMILES string of the molecule is CCOc1ccc2ccccc2c1/C=N/c1ccc(Cl)cc1Cl. The van der Waals surface area contributed by atoms with Crippen LogP contribution in [0.2, 0.25) is 10.0 Å². The van der Waals surface area contributed by atoms with Gasteiger partial charge in [-0.1, -0.05) is 53.5 Å². The van der Waals surface area contributed by atoms with Crippen LogP contribution in [0.4, 0.5) is 5.69 Å². The lowest BCUT2D eigenvalue weighted by molar-refractivity contribution is 0.340. The van der Waals surface area contributed by atoms with Crippen LogP contribution in [0.25, 0.3) is 10.8 Å². The van der Waals surface area contributed by atoms with E-state index in [9.17, 15) is 0 Å². The minimum absolute atomic E-state index is 0.520. The molecule has 0 saturated heterocycles. The van der Waals surface area contributed by atoms with E-state index in [0.717, 1.165) is 22.1 Å². The highest BCUT2D eigenvalue weighted by Crippen LogP contribution is 2.30. The molecule has 2 nitrogen and oxygen atoms in total. The Kier molecular flexibility index (Phi) is 4.85. The van der Waals surface area contributed by atoms with E-state index in [0.29, 0.717) is 22.3 Å². The molecule has 3 aromatic rings. The van der Waals surface area contributed by atoms with Crippen LogP contribution in [0.1, 0.15) is 12.5 Å². The van der Waals surface area contributed by atoms with Gasteiger partial charge in [0.05, 0.1) is 17.3 Å². The van der Waals surface area contributed by atoms with Crippen molar-refractivity contribution in [2.45, 2.75) is 6.92 Å². The second kappa shape index (κ2) is 7.03. The first kappa shape index (κ1) is 15.9. The predicted octanol–water partition coefficient (Wildman–Crippen LogP) is 6.30. The average molecular weight is 344 g/mol. The molecule has 0 atom stereocenters. The number of fused-ring (bicyclic) bond motifs is 1. The van der Waals surface area contributed by atoms with E-state index >= 15 is 0 Å². The molecule has 23 heavy (non-hydrogen) atoms. The van der Waals surface area contributed by atoms with Crippen molar-refractivity contribution in [3.8, 4) is 5.75 Å². The Bertz CT molecular complexity index is 874. The van der Waals surface area contributed by atoms with Crippen molar-refractivity contribution >= 4 is 45.9 Å². The molecule has 0 bridgehead atoms. The Labute approximate surface area is 145 Å². The number of nitrogens with zero attached hydrogens (tertiary/aromatic N) is 1. The number of ether oxygens (including phenoxy) is 1. The topological polar surface area (TPSA) is 21.6 Å². The Balaban J connectivity index is 2.10. The summed E-state index contributed by atoms with van der Waals surface area (Å²) >= 11 is 12.1. The van der Waals surface area contributed by atoms with E-state index < -0.39 is 0 Å². The quantitative estimate of drug-likeness (QED) is 0.509. The molecule has 0 aliphatic rings. The van der Waals surface area contributed by atoms with Crippen LogP contribution < -0.4 is 4.74 Å². The molecule has 0 N–H and O–H groups in total. The minimum atomic E-state index is 0.520. The first-order chi connectivity index (χ1) is 11.2. The maximum atomic E-state index is 6.19. The van der Waals surface area contributed by atoms with Gasteiger partial charge >= 0.3 is 0 Å². The molecular formula is C19H15Cl2NO. The van der Waals surface area contributed by atoms with Crippen molar-refractivity contribution in [1.82, 2.24) is 0 Å². The van der Waals surface area contributed by atoms with E-state index in [-0.39, 0.29) is 0 Å². The van der Waals surface area contributed by atoms with E-state index in [1.807, 2.05) is 31.2 Å². The van der Waals surface area contributed by atoms with Crippen molar-refractivity contribution < 1.29 is 4.74 Å². The smallest absolute Gasteiger partial charge is 0.128 e. The van der Waals surface area contributed by atoms with Gasteiger partial charge in [0.2, 0.25) is 0 Å². The summed E-state index contributed by atoms with van der Waals surface area (Å²) in [6, 6.07) is 17.4. The van der Waals surface area contributed by atoms with Gasteiger partial charge in [-0.25, -0.2) is 0 Å². The summed E-state index contributed by atoms with van der Waals surface area (Å²) in [5, 5.41) is 3.34. The van der Waals surface area contributed by atoms with Gasteiger partial charge in [0.15, 0.2) is 0 Å². The van der Waals surface area contributed by atoms with Crippen molar-refractivity contribution in [3.05, 3.63) is 70.2 Å². The summed E-state index contributed by atoms with van der Waals surface area (Å²) in [5.74, 6) is 0.806. The zero-order valence-corrected chi connectivity index (χ0v) is 14.1. The summed E-state index contributed by atoms with van der Waals surface area (Å²) in [6.07, 6.45) is 1.79. The largest absolute Gasteiger partial charge is 0.493 e. The molecule has 0 radical (unpaired) electrons. The van der Waals surface area contributed by atoms with Crippen LogP contribution in [0.5, 0.6) is 5.75 Å². The highest BCUT2D eigenvalue weighted by atomic mass is 35.5. The maximum Gasteiger partial charge on any atom is 0.128 e. The van der Waals surface area contributed by atoms with Gasteiger partial charge in [-0.3, -0.25) is 4.99 Å². The summed E-state index contributed by atoms with van der Waals surface area (Å²) in [5.41, 5.74) is 1.61. The fourth-order valence-corrected chi connectivity index (χ4v) is 2.87. The first-order valence-corrected chi connectivity index (χ1v) is 8.08. The summed E-state index contributed by atoms with van der Waals surface area (Å²) in [4.78, 5) is 4.51. The lowest BCUT2D eigenvalue weighted by atomic mass is 10.0. The fraction of sp³-hybridized carbons (Fsp3) is 0.105. The van der Waals surface area contributed by atoms with Crippen LogP contribution in [0.3, 0.4) is 0 Å². The third-order valence-corrected chi connectivity index (χ3v) is 4.01. The van der Waals surface area contributed by atoms with Crippen molar-refractivity contribution in [2.24, 2.45) is 4.99 Å². The van der Waals surface area contributed by atoms with Gasteiger partial charge in [-0.2, -0.15) is 0 Å². The first-order valence-electron chi connectivity index (χ1n) is 7.32. The Hall–Kier alpha value is -2.03. The number of aliphatic imine (C=N–C) groups is 1. The predicted molar refractivity (Wildman–Crippen MR) is 98.8 cm³/mol. The standard InChI is InChI=1S/C19H15Cl2NO/c1-2-23-19-10-7-13-5-3-4-6-15(13)16(19)12-22-18-9-8-14(20)11-17(18)21/h3-12H,2H2,1H3/b22-12+. The van der Waals surface area contributed by atoms with Crippen LogP contribution in [0.15, 0.2) is 59.6 Å². The zero-order valence-electron chi connectivity index (χ0n) is 12.6. The molecule has 0 aromatic heterocycles. The summed E-state index contributed by atoms with van der Waals surface area (Å²) < 4.78 is 5.74. The molecule has 0 heterocycles. The molecule has 0 fully saturated rings. The Morgan fingerprint density at radius 2 is 1.87 bits per heavy atom. The van der Waals surface area contributed by atoms with E-state index in [1.54, 1.807) is 24.4 Å². The van der Waals surface area contributed by atoms with Crippen LogP contribution in [0, 0.1) is 0 Å². The molecular weight excluding hydrogens is 329 g/mol. The second-order valence-corrected chi connectivity index (χ2v) is 5.83. The average Bonchev–Trinajstić information content (AvgIpc) is 2.55. The number of halogens is 2. The highest BCUT2D eigenvalue weighted by Gasteiger charge is 2.07. The van der Waals surface area contributed by atoms with Crippen molar-refractivity contribution in [2.75, 3.05) is 6.61 Å². The van der Waals surface area contributed by atoms with Gasteiger partial charge < -0.3 is 4.74 Å². The summed E-state index contributed by atoms with van der Waals surface area (Å²) in [7, 11) is 0. The normalized spacial score (nSPS) is 11.3. The lowest BCUT2D eigenvalue weighted by Crippen LogP contribution is -1.97. The zero-order chi connectivity index (χ0) is 16.2.